The molecule has 2 bridgehead atoms. The summed E-state index contributed by atoms with van der Waals surface area (Å²) < 4.78 is 0. The van der Waals surface area contributed by atoms with Crippen LogP contribution in [0.1, 0.15) is 32.1 Å². The van der Waals surface area contributed by atoms with Crippen LogP contribution in [0.3, 0.4) is 0 Å². The highest BCUT2D eigenvalue weighted by atomic mass is 35.5. The monoisotopic (exact) mass is 290 g/mol. The fourth-order valence-corrected chi connectivity index (χ4v) is 4.61. The molecule has 0 aromatic heterocycles. The Morgan fingerprint density at radius 1 is 1.33 bits per heavy atom. The summed E-state index contributed by atoms with van der Waals surface area (Å²) in [4.78, 5) is 12.0. The van der Waals surface area contributed by atoms with E-state index in [0.29, 0.717) is 18.5 Å². The van der Waals surface area contributed by atoms with Crippen molar-refractivity contribution in [3.8, 4) is 0 Å². The van der Waals surface area contributed by atoms with Crippen molar-refractivity contribution in [3.05, 3.63) is 0 Å². The van der Waals surface area contributed by atoms with E-state index in [1.54, 1.807) is 0 Å². The number of thioether (sulfide) groups is 1. The first-order valence-electron chi connectivity index (χ1n) is 6.92. The first-order chi connectivity index (χ1) is 8.31. The lowest BCUT2D eigenvalue weighted by atomic mass is 9.95. The van der Waals surface area contributed by atoms with Gasteiger partial charge in [0.1, 0.15) is 0 Å². The van der Waals surface area contributed by atoms with Gasteiger partial charge in [0.25, 0.3) is 0 Å². The number of hydrogen-bond acceptors (Lipinski definition) is 3. The lowest BCUT2D eigenvalue weighted by molar-refractivity contribution is -0.122. The maximum Gasteiger partial charge on any atom is 0.221 e. The number of nitrogens with one attached hydrogen (secondary N) is 2. The third kappa shape index (κ3) is 3.34. The summed E-state index contributed by atoms with van der Waals surface area (Å²) >= 11 is 1.96. The predicted molar refractivity (Wildman–Crippen MR) is 78.4 cm³/mol. The third-order valence-electron chi connectivity index (χ3n) is 4.51. The van der Waals surface area contributed by atoms with Crippen molar-refractivity contribution in [2.45, 2.75) is 44.2 Å². The Balaban J connectivity index is 0.00000120. The number of hydrogen-bond donors (Lipinski definition) is 2. The highest BCUT2D eigenvalue weighted by molar-refractivity contribution is 7.99. The number of halogens is 1. The molecule has 3 rings (SSSR count). The van der Waals surface area contributed by atoms with E-state index in [1.165, 1.54) is 31.4 Å². The topological polar surface area (TPSA) is 41.1 Å². The summed E-state index contributed by atoms with van der Waals surface area (Å²) in [6, 6.07) is 0.893. The van der Waals surface area contributed by atoms with Gasteiger partial charge in [-0.2, -0.15) is 11.8 Å². The minimum absolute atomic E-state index is 0. The van der Waals surface area contributed by atoms with Crippen LogP contribution in [0.4, 0.5) is 0 Å². The van der Waals surface area contributed by atoms with Crippen molar-refractivity contribution in [1.29, 1.82) is 0 Å². The second-order valence-corrected chi connectivity index (χ2v) is 6.93. The van der Waals surface area contributed by atoms with Gasteiger partial charge in [0.15, 0.2) is 0 Å². The molecular formula is C13H23ClN2OS. The second-order valence-electron chi connectivity index (χ2n) is 5.78. The quantitative estimate of drug-likeness (QED) is 0.833. The van der Waals surface area contributed by atoms with Crippen LogP contribution < -0.4 is 10.6 Å². The van der Waals surface area contributed by atoms with E-state index in [-0.39, 0.29) is 18.3 Å². The minimum Gasteiger partial charge on any atom is -0.353 e. The maximum atomic E-state index is 12.0. The molecule has 1 saturated heterocycles. The van der Waals surface area contributed by atoms with Gasteiger partial charge < -0.3 is 10.6 Å². The van der Waals surface area contributed by atoms with Crippen molar-refractivity contribution in [2.75, 3.05) is 18.1 Å². The third-order valence-corrected chi connectivity index (χ3v) is 5.65. The number of rotatable bonds is 3. The number of fused-ring (bicyclic) bond motifs is 2. The van der Waals surface area contributed by atoms with Crippen LogP contribution in [-0.4, -0.2) is 36.0 Å². The Morgan fingerprint density at radius 2 is 2.22 bits per heavy atom. The van der Waals surface area contributed by atoms with Gasteiger partial charge in [-0.25, -0.2) is 0 Å². The van der Waals surface area contributed by atoms with Crippen molar-refractivity contribution >= 4 is 30.1 Å². The van der Waals surface area contributed by atoms with Crippen LogP contribution in [0.15, 0.2) is 0 Å². The molecule has 2 aliphatic carbocycles. The molecular weight excluding hydrogens is 268 g/mol. The predicted octanol–water partition coefficient (Wildman–Crippen LogP) is 1.81. The zero-order valence-corrected chi connectivity index (χ0v) is 12.3. The molecule has 18 heavy (non-hydrogen) atoms. The molecule has 3 nitrogen and oxygen atoms in total. The minimum atomic E-state index is 0. The van der Waals surface area contributed by atoms with E-state index in [2.05, 4.69) is 10.6 Å². The standard InChI is InChI=1S/C13H22N2OS.ClH/c16-13(7-11-8-17-4-3-14-11)15-12-6-9-1-2-10(12)5-9;/h9-12,14H,1-8H2,(H,15,16);1H. The van der Waals surface area contributed by atoms with Gasteiger partial charge in [-0.1, -0.05) is 6.42 Å². The Labute approximate surface area is 120 Å². The van der Waals surface area contributed by atoms with Crippen molar-refractivity contribution in [1.82, 2.24) is 10.6 Å². The van der Waals surface area contributed by atoms with Crippen molar-refractivity contribution in [3.63, 3.8) is 0 Å². The number of carbonyl (C=O) groups excluding carboxylic acids is 1. The van der Waals surface area contributed by atoms with Crippen molar-refractivity contribution in [2.24, 2.45) is 11.8 Å². The smallest absolute Gasteiger partial charge is 0.221 e. The van der Waals surface area contributed by atoms with E-state index < -0.39 is 0 Å². The van der Waals surface area contributed by atoms with Gasteiger partial charge >= 0.3 is 0 Å². The van der Waals surface area contributed by atoms with Gasteiger partial charge in [0.2, 0.25) is 5.91 Å². The first-order valence-corrected chi connectivity index (χ1v) is 8.07. The van der Waals surface area contributed by atoms with E-state index in [4.69, 9.17) is 0 Å². The van der Waals surface area contributed by atoms with Crippen LogP contribution in [-0.2, 0) is 4.79 Å². The summed E-state index contributed by atoms with van der Waals surface area (Å²) in [5.41, 5.74) is 0. The molecule has 1 aliphatic heterocycles. The molecule has 1 heterocycles. The fraction of sp³-hybridized carbons (Fsp3) is 0.923. The van der Waals surface area contributed by atoms with Gasteiger partial charge in [0.05, 0.1) is 0 Å². The molecule has 0 aromatic carbocycles. The summed E-state index contributed by atoms with van der Waals surface area (Å²) in [5, 5.41) is 6.70. The second kappa shape index (κ2) is 6.49. The molecule has 1 amide bonds. The Morgan fingerprint density at radius 3 is 2.83 bits per heavy atom. The fourth-order valence-electron chi connectivity index (χ4n) is 3.66. The van der Waals surface area contributed by atoms with Crippen molar-refractivity contribution < 1.29 is 4.79 Å². The SMILES string of the molecule is Cl.O=C(CC1CSCCN1)NC1CC2CCC1C2. The highest BCUT2D eigenvalue weighted by Gasteiger charge is 2.40. The average Bonchev–Trinajstić information content (AvgIpc) is 2.92. The molecule has 0 radical (unpaired) electrons. The molecule has 2 saturated carbocycles. The molecule has 104 valence electrons. The molecule has 3 aliphatic rings. The normalized spacial score (nSPS) is 38.2. The molecule has 0 spiro atoms. The zero-order chi connectivity index (χ0) is 11.7. The van der Waals surface area contributed by atoms with E-state index in [9.17, 15) is 4.79 Å². The maximum absolute atomic E-state index is 12.0. The van der Waals surface area contributed by atoms with Crippen LogP contribution in [0.5, 0.6) is 0 Å². The van der Waals surface area contributed by atoms with Gasteiger partial charge in [-0.15, -0.1) is 12.4 Å². The molecule has 3 fully saturated rings. The summed E-state index contributed by atoms with van der Waals surface area (Å²) in [7, 11) is 0. The van der Waals surface area contributed by atoms with Crippen LogP contribution in [0.25, 0.3) is 0 Å². The summed E-state index contributed by atoms with van der Waals surface area (Å²) in [6.45, 7) is 1.05. The Hall–Kier alpha value is 0.0700. The summed E-state index contributed by atoms with van der Waals surface area (Å²) in [5.74, 6) is 4.24. The van der Waals surface area contributed by atoms with E-state index in [0.717, 1.165) is 24.1 Å². The van der Waals surface area contributed by atoms with Crippen LogP contribution in [0.2, 0.25) is 0 Å². The molecule has 2 N–H and O–H groups in total. The molecule has 4 unspecified atom stereocenters. The van der Waals surface area contributed by atoms with Gasteiger partial charge in [-0.3, -0.25) is 4.79 Å². The summed E-state index contributed by atoms with van der Waals surface area (Å²) in [6.07, 6.45) is 6.01. The molecule has 4 atom stereocenters. The Bertz CT molecular complexity index is 297. The number of carbonyl (C=O) groups is 1. The van der Waals surface area contributed by atoms with E-state index >= 15 is 0 Å². The number of amides is 1. The average molecular weight is 291 g/mol. The Kier molecular flexibility index (Phi) is 5.22. The first kappa shape index (κ1) is 14.5. The van der Waals surface area contributed by atoms with Gasteiger partial charge in [0, 0.05) is 36.6 Å². The molecule has 5 heteroatoms. The zero-order valence-electron chi connectivity index (χ0n) is 10.7. The lowest BCUT2D eigenvalue weighted by Gasteiger charge is -2.26. The molecule has 0 aromatic rings. The lowest BCUT2D eigenvalue weighted by Crippen LogP contribution is -2.44. The van der Waals surface area contributed by atoms with Crippen LogP contribution in [0, 0.1) is 11.8 Å². The van der Waals surface area contributed by atoms with E-state index in [1.807, 2.05) is 11.8 Å². The highest BCUT2D eigenvalue weighted by Crippen LogP contribution is 2.44. The van der Waals surface area contributed by atoms with Crippen LogP contribution >= 0.6 is 24.2 Å². The van der Waals surface area contributed by atoms with Gasteiger partial charge in [-0.05, 0) is 31.1 Å². The largest absolute Gasteiger partial charge is 0.353 e.